The van der Waals surface area contributed by atoms with Crippen molar-refractivity contribution in [3.63, 3.8) is 0 Å². The lowest BCUT2D eigenvalue weighted by Crippen LogP contribution is -2.42. The summed E-state index contributed by atoms with van der Waals surface area (Å²) in [4.78, 5) is 25.2. The van der Waals surface area contributed by atoms with E-state index < -0.39 is 6.10 Å². The highest BCUT2D eigenvalue weighted by molar-refractivity contribution is 5.96. The summed E-state index contributed by atoms with van der Waals surface area (Å²) in [5.74, 6) is -0.357. The number of likely N-dealkylation sites (N-methyl/N-ethyl adjacent to an activating group) is 1. The number of amides is 2. The van der Waals surface area contributed by atoms with Crippen LogP contribution >= 0.6 is 0 Å². The minimum atomic E-state index is -0.394. The zero-order valence-corrected chi connectivity index (χ0v) is 11.0. The standard InChI is InChI=1S/C14H18N2O3/c1-16(11-6-3-2-4-7-11)13(17)10-15-14(18)12-8-5-9-19-12/h2-4,6-7,12H,5,8-10H2,1H3,(H,15,18). The second kappa shape index (κ2) is 6.33. The fraction of sp³-hybridized carbons (Fsp3) is 0.429. The molecule has 0 saturated carbocycles. The molecular formula is C14H18N2O3. The second-order valence-electron chi connectivity index (χ2n) is 4.51. The van der Waals surface area contributed by atoms with E-state index in [-0.39, 0.29) is 18.4 Å². The van der Waals surface area contributed by atoms with E-state index in [0.29, 0.717) is 6.61 Å². The molecule has 1 aromatic rings. The molecule has 1 unspecified atom stereocenters. The molecule has 2 rings (SSSR count). The van der Waals surface area contributed by atoms with E-state index in [4.69, 9.17) is 4.74 Å². The van der Waals surface area contributed by atoms with Crippen molar-refractivity contribution in [2.75, 3.05) is 25.1 Å². The molecule has 1 atom stereocenters. The predicted molar refractivity (Wildman–Crippen MR) is 71.8 cm³/mol. The van der Waals surface area contributed by atoms with Crippen LogP contribution in [0.3, 0.4) is 0 Å². The summed E-state index contributed by atoms with van der Waals surface area (Å²) in [6, 6.07) is 9.31. The topological polar surface area (TPSA) is 58.6 Å². The van der Waals surface area contributed by atoms with Gasteiger partial charge in [-0.1, -0.05) is 18.2 Å². The lowest BCUT2D eigenvalue weighted by molar-refractivity contribution is -0.131. The summed E-state index contributed by atoms with van der Waals surface area (Å²) >= 11 is 0. The van der Waals surface area contributed by atoms with Gasteiger partial charge in [0.1, 0.15) is 6.10 Å². The van der Waals surface area contributed by atoms with E-state index in [1.165, 1.54) is 4.90 Å². The van der Waals surface area contributed by atoms with Crippen LogP contribution < -0.4 is 10.2 Å². The number of nitrogens with one attached hydrogen (secondary N) is 1. The molecule has 1 saturated heterocycles. The summed E-state index contributed by atoms with van der Waals surface area (Å²) in [5.41, 5.74) is 0.805. The summed E-state index contributed by atoms with van der Waals surface area (Å²) in [6.07, 6.45) is 1.24. The number of hydrogen-bond acceptors (Lipinski definition) is 3. The van der Waals surface area contributed by atoms with Crippen molar-refractivity contribution in [3.8, 4) is 0 Å². The molecule has 2 amide bonds. The highest BCUT2D eigenvalue weighted by atomic mass is 16.5. The average Bonchev–Trinajstić information content (AvgIpc) is 2.98. The number of carbonyl (C=O) groups is 2. The third-order valence-electron chi connectivity index (χ3n) is 3.15. The van der Waals surface area contributed by atoms with E-state index in [0.717, 1.165) is 18.5 Å². The zero-order chi connectivity index (χ0) is 13.7. The quantitative estimate of drug-likeness (QED) is 0.878. The van der Waals surface area contributed by atoms with Gasteiger partial charge in [-0.15, -0.1) is 0 Å². The van der Waals surface area contributed by atoms with Crippen LogP contribution in [0.25, 0.3) is 0 Å². The van der Waals surface area contributed by atoms with Gasteiger partial charge in [-0.05, 0) is 25.0 Å². The van der Waals surface area contributed by atoms with Gasteiger partial charge >= 0.3 is 0 Å². The van der Waals surface area contributed by atoms with Crippen LogP contribution in [-0.4, -0.2) is 38.1 Å². The molecule has 0 spiro atoms. The number of hydrogen-bond donors (Lipinski definition) is 1. The van der Waals surface area contributed by atoms with Gasteiger partial charge in [-0.25, -0.2) is 0 Å². The molecule has 5 heteroatoms. The van der Waals surface area contributed by atoms with E-state index in [9.17, 15) is 9.59 Å². The van der Waals surface area contributed by atoms with Crippen LogP contribution in [0.4, 0.5) is 5.69 Å². The Kier molecular flexibility index (Phi) is 4.52. The van der Waals surface area contributed by atoms with Crippen molar-refractivity contribution >= 4 is 17.5 Å². The lowest BCUT2D eigenvalue weighted by Gasteiger charge is -2.18. The van der Waals surface area contributed by atoms with E-state index >= 15 is 0 Å². The maximum atomic E-state index is 11.9. The normalized spacial score (nSPS) is 18.1. The number of para-hydroxylation sites is 1. The number of ether oxygens (including phenoxy) is 1. The fourth-order valence-electron chi connectivity index (χ4n) is 1.98. The second-order valence-corrected chi connectivity index (χ2v) is 4.51. The molecule has 1 heterocycles. The van der Waals surface area contributed by atoms with Gasteiger partial charge in [-0.3, -0.25) is 9.59 Å². The summed E-state index contributed by atoms with van der Waals surface area (Å²) < 4.78 is 5.26. The molecule has 0 aliphatic carbocycles. The van der Waals surface area contributed by atoms with Crippen molar-refractivity contribution in [2.24, 2.45) is 0 Å². The maximum Gasteiger partial charge on any atom is 0.249 e. The lowest BCUT2D eigenvalue weighted by atomic mass is 10.2. The van der Waals surface area contributed by atoms with Crippen molar-refractivity contribution in [1.82, 2.24) is 5.32 Å². The Morgan fingerprint density at radius 2 is 2.11 bits per heavy atom. The Balaban J connectivity index is 1.82. The Labute approximate surface area is 112 Å². The average molecular weight is 262 g/mol. The number of anilines is 1. The highest BCUT2D eigenvalue weighted by Gasteiger charge is 2.24. The zero-order valence-electron chi connectivity index (χ0n) is 11.0. The maximum absolute atomic E-state index is 11.9. The fourth-order valence-corrected chi connectivity index (χ4v) is 1.98. The van der Waals surface area contributed by atoms with Crippen LogP contribution in [0.2, 0.25) is 0 Å². The Bertz CT molecular complexity index is 441. The molecule has 1 aliphatic rings. The first-order valence-corrected chi connectivity index (χ1v) is 6.39. The molecule has 0 bridgehead atoms. The van der Waals surface area contributed by atoms with Crippen molar-refractivity contribution < 1.29 is 14.3 Å². The van der Waals surface area contributed by atoms with Gasteiger partial charge < -0.3 is 15.0 Å². The molecule has 1 aliphatic heterocycles. The third-order valence-corrected chi connectivity index (χ3v) is 3.15. The van der Waals surface area contributed by atoms with Gasteiger partial charge in [0.25, 0.3) is 0 Å². The molecule has 5 nitrogen and oxygen atoms in total. The predicted octanol–water partition coefficient (Wildman–Crippen LogP) is 0.945. The Hall–Kier alpha value is -1.88. The first-order valence-electron chi connectivity index (χ1n) is 6.39. The van der Waals surface area contributed by atoms with Crippen LogP contribution in [0.5, 0.6) is 0 Å². The minimum absolute atomic E-state index is 0.00983. The van der Waals surface area contributed by atoms with Crippen LogP contribution in [0.15, 0.2) is 30.3 Å². The SMILES string of the molecule is CN(C(=O)CNC(=O)C1CCCO1)c1ccccc1. The Morgan fingerprint density at radius 3 is 2.74 bits per heavy atom. The molecule has 1 N–H and O–H groups in total. The molecule has 0 aromatic heterocycles. The van der Waals surface area contributed by atoms with Gasteiger partial charge in [0, 0.05) is 19.3 Å². The summed E-state index contributed by atoms with van der Waals surface area (Å²) in [6.45, 7) is 0.611. The van der Waals surface area contributed by atoms with E-state index in [1.807, 2.05) is 30.3 Å². The number of rotatable bonds is 4. The Morgan fingerprint density at radius 1 is 1.37 bits per heavy atom. The molecule has 19 heavy (non-hydrogen) atoms. The van der Waals surface area contributed by atoms with Crippen LogP contribution in [0.1, 0.15) is 12.8 Å². The van der Waals surface area contributed by atoms with Gasteiger partial charge in [0.05, 0.1) is 6.54 Å². The first-order chi connectivity index (χ1) is 9.18. The van der Waals surface area contributed by atoms with Crippen molar-refractivity contribution in [3.05, 3.63) is 30.3 Å². The molecular weight excluding hydrogens is 244 g/mol. The highest BCUT2D eigenvalue weighted by Crippen LogP contribution is 2.12. The van der Waals surface area contributed by atoms with Crippen LogP contribution in [-0.2, 0) is 14.3 Å². The van der Waals surface area contributed by atoms with E-state index in [2.05, 4.69) is 5.32 Å². The number of carbonyl (C=O) groups excluding carboxylic acids is 2. The molecule has 1 fully saturated rings. The first kappa shape index (κ1) is 13.5. The van der Waals surface area contributed by atoms with Crippen LogP contribution in [0, 0.1) is 0 Å². The monoisotopic (exact) mass is 262 g/mol. The molecule has 1 aromatic carbocycles. The minimum Gasteiger partial charge on any atom is -0.368 e. The number of nitrogens with zero attached hydrogens (tertiary/aromatic N) is 1. The molecule has 0 radical (unpaired) electrons. The smallest absolute Gasteiger partial charge is 0.249 e. The van der Waals surface area contributed by atoms with Crippen molar-refractivity contribution in [1.29, 1.82) is 0 Å². The van der Waals surface area contributed by atoms with E-state index in [1.54, 1.807) is 7.05 Å². The van der Waals surface area contributed by atoms with Gasteiger partial charge in [-0.2, -0.15) is 0 Å². The third kappa shape index (κ3) is 3.54. The van der Waals surface area contributed by atoms with Crippen molar-refractivity contribution in [2.45, 2.75) is 18.9 Å². The summed E-state index contributed by atoms with van der Waals surface area (Å²) in [7, 11) is 1.69. The summed E-state index contributed by atoms with van der Waals surface area (Å²) in [5, 5.41) is 2.62. The molecule has 102 valence electrons. The van der Waals surface area contributed by atoms with Gasteiger partial charge in [0.15, 0.2) is 0 Å². The van der Waals surface area contributed by atoms with Gasteiger partial charge in [0.2, 0.25) is 11.8 Å². The number of benzene rings is 1. The largest absolute Gasteiger partial charge is 0.368 e.